The van der Waals surface area contributed by atoms with Crippen molar-refractivity contribution in [2.45, 2.75) is 25.3 Å². The lowest BCUT2D eigenvalue weighted by atomic mass is 10.1. The molecule has 1 atom stereocenters. The number of fused-ring (bicyclic) bond motifs is 1. The first-order valence-corrected chi connectivity index (χ1v) is 9.55. The summed E-state index contributed by atoms with van der Waals surface area (Å²) in [6.07, 6.45) is 0.571. The quantitative estimate of drug-likeness (QED) is 0.501. The van der Waals surface area contributed by atoms with Crippen LogP contribution < -0.4 is 11.1 Å². The average molecular weight is 422 g/mol. The minimum Gasteiger partial charge on any atom is -0.408 e. The van der Waals surface area contributed by atoms with E-state index in [0.717, 1.165) is 5.56 Å². The summed E-state index contributed by atoms with van der Waals surface area (Å²) in [6.45, 7) is 0. The molecule has 10 heteroatoms. The summed E-state index contributed by atoms with van der Waals surface area (Å²) in [4.78, 5) is 40.3. The van der Waals surface area contributed by atoms with Crippen molar-refractivity contribution in [3.8, 4) is 11.4 Å². The van der Waals surface area contributed by atoms with Gasteiger partial charge in [-0.3, -0.25) is 19.5 Å². The summed E-state index contributed by atoms with van der Waals surface area (Å²) in [5, 5.41) is 6.08. The summed E-state index contributed by atoms with van der Waals surface area (Å²) in [5.41, 5.74) is 1.69. The number of aromatic nitrogens is 3. The number of nitrogens with zero attached hydrogens (tertiary/aromatic N) is 3. The van der Waals surface area contributed by atoms with Gasteiger partial charge in [-0.05, 0) is 36.2 Å². The maximum absolute atomic E-state index is 13.9. The Hall–Kier alpha value is -4.08. The monoisotopic (exact) mass is 422 g/mol. The second kappa shape index (κ2) is 7.31. The van der Waals surface area contributed by atoms with Gasteiger partial charge in [0, 0.05) is 6.42 Å². The normalized spacial score (nSPS) is 16.6. The van der Waals surface area contributed by atoms with Crippen LogP contribution in [0.5, 0.6) is 0 Å². The molecule has 3 heterocycles. The molecule has 1 aliphatic heterocycles. The molecule has 0 bridgehead atoms. The summed E-state index contributed by atoms with van der Waals surface area (Å²) in [5.74, 6) is -1.65. The number of hydrogen-bond donors (Lipinski definition) is 1. The molecule has 0 aliphatic carbocycles. The fourth-order valence-corrected chi connectivity index (χ4v) is 3.67. The number of benzene rings is 2. The molecule has 31 heavy (non-hydrogen) atoms. The van der Waals surface area contributed by atoms with E-state index in [1.54, 1.807) is 36.4 Å². The molecule has 0 saturated carbocycles. The first-order valence-electron chi connectivity index (χ1n) is 9.55. The second-order valence-electron chi connectivity index (χ2n) is 7.18. The van der Waals surface area contributed by atoms with Gasteiger partial charge in [0.2, 0.25) is 23.5 Å². The van der Waals surface area contributed by atoms with E-state index in [1.807, 2.05) is 0 Å². The zero-order valence-electron chi connectivity index (χ0n) is 16.0. The summed E-state index contributed by atoms with van der Waals surface area (Å²) in [7, 11) is 0. The van der Waals surface area contributed by atoms with E-state index >= 15 is 0 Å². The SMILES string of the molecule is O=C1CCC(n2c(=O)oc3ccc(Cc4nc(-c5ccccc5F)no4)cc32)C(=O)N1. The molecule has 1 fully saturated rings. The summed E-state index contributed by atoms with van der Waals surface area (Å²) in [6, 6.07) is 10.3. The Kier molecular flexibility index (Phi) is 4.46. The van der Waals surface area contributed by atoms with E-state index in [2.05, 4.69) is 15.5 Å². The van der Waals surface area contributed by atoms with Crippen molar-refractivity contribution in [3.05, 3.63) is 70.3 Å². The molecule has 4 aromatic rings. The molecule has 2 aromatic heterocycles. The second-order valence-corrected chi connectivity index (χ2v) is 7.18. The lowest BCUT2D eigenvalue weighted by Gasteiger charge is -2.21. The predicted molar refractivity (Wildman–Crippen MR) is 104 cm³/mol. The van der Waals surface area contributed by atoms with Gasteiger partial charge in [-0.2, -0.15) is 4.98 Å². The van der Waals surface area contributed by atoms with E-state index in [9.17, 15) is 18.8 Å². The third-order valence-corrected chi connectivity index (χ3v) is 5.14. The Labute approximate surface area is 173 Å². The number of piperidine rings is 1. The molecule has 9 nitrogen and oxygen atoms in total. The van der Waals surface area contributed by atoms with Crippen molar-refractivity contribution in [3.63, 3.8) is 0 Å². The standard InChI is InChI=1S/C21H15FN4O5/c22-13-4-2-1-3-12(13)19-24-18(31-25-19)10-11-5-7-16-15(9-11)26(21(29)30-16)14-6-8-17(27)23-20(14)28/h1-5,7,9,14H,6,8,10H2,(H,23,27,28). The van der Waals surface area contributed by atoms with Crippen LogP contribution in [0.15, 0.2) is 56.2 Å². The van der Waals surface area contributed by atoms with Crippen molar-refractivity contribution in [1.29, 1.82) is 0 Å². The number of carbonyl (C=O) groups excluding carboxylic acids is 2. The highest BCUT2D eigenvalue weighted by atomic mass is 19.1. The minimum atomic E-state index is -0.835. The highest BCUT2D eigenvalue weighted by Crippen LogP contribution is 2.25. The smallest absolute Gasteiger partial charge is 0.408 e. The van der Waals surface area contributed by atoms with Crippen LogP contribution in [0.2, 0.25) is 0 Å². The van der Waals surface area contributed by atoms with Crippen LogP contribution in [0.3, 0.4) is 0 Å². The van der Waals surface area contributed by atoms with Crippen molar-refractivity contribution < 1.29 is 22.9 Å². The van der Waals surface area contributed by atoms with Gasteiger partial charge >= 0.3 is 5.76 Å². The fraction of sp³-hybridized carbons (Fsp3) is 0.190. The average Bonchev–Trinajstić information content (AvgIpc) is 3.32. The topological polar surface area (TPSA) is 120 Å². The van der Waals surface area contributed by atoms with Crippen molar-refractivity contribution in [2.75, 3.05) is 0 Å². The van der Waals surface area contributed by atoms with Gasteiger partial charge in [0.05, 0.1) is 17.5 Å². The Bertz CT molecular complexity index is 1390. The van der Waals surface area contributed by atoms with E-state index in [1.165, 1.54) is 10.6 Å². The van der Waals surface area contributed by atoms with Crippen LogP contribution in [0, 0.1) is 5.82 Å². The van der Waals surface area contributed by atoms with E-state index in [4.69, 9.17) is 8.94 Å². The Morgan fingerprint density at radius 2 is 2.00 bits per heavy atom. The number of rotatable bonds is 4. The van der Waals surface area contributed by atoms with Gasteiger partial charge in [-0.25, -0.2) is 9.18 Å². The molecule has 1 unspecified atom stereocenters. The van der Waals surface area contributed by atoms with Crippen LogP contribution >= 0.6 is 0 Å². The number of carbonyl (C=O) groups is 2. The molecule has 0 radical (unpaired) electrons. The Morgan fingerprint density at radius 3 is 2.81 bits per heavy atom. The van der Waals surface area contributed by atoms with Crippen LogP contribution in [-0.2, 0) is 16.0 Å². The molecule has 5 rings (SSSR count). The van der Waals surface area contributed by atoms with Crippen LogP contribution in [0.1, 0.15) is 30.3 Å². The molecule has 1 saturated heterocycles. The van der Waals surface area contributed by atoms with Crippen LogP contribution in [0.25, 0.3) is 22.5 Å². The predicted octanol–water partition coefficient (Wildman–Crippen LogP) is 2.35. The molecule has 1 N–H and O–H groups in total. The largest absolute Gasteiger partial charge is 0.420 e. The number of oxazole rings is 1. The molecular weight excluding hydrogens is 407 g/mol. The van der Waals surface area contributed by atoms with Gasteiger partial charge in [0.25, 0.3) is 0 Å². The first-order chi connectivity index (χ1) is 15.0. The third kappa shape index (κ3) is 3.41. The zero-order valence-corrected chi connectivity index (χ0v) is 16.0. The summed E-state index contributed by atoms with van der Waals surface area (Å²) >= 11 is 0. The molecule has 1 aliphatic rings. The lowest BCUT2D eigenvalue weighted by Crippen LogP contribution is -2.43. The highest BCUT2D eigenvalue weighted by Gasteiger charge is 2.31. The lowest BCUT2D eigenvalue weighted by molar-refractivity contribution is -0.135. The number of amides is 2. The Balaban J connectivity index is 1.47. The number of halogens is 1. The van der Waals surface area contributed by atoms with E-state index < -0.39 is 23.5 Å². The van der Waals surface area contributed by atoms with Crippen LogP contribution in [-0.4, -0.2) is 26.5 Å². The molecule has 2 aromatic carbocycles. The maximum Gasteiger partial charge on any atom is 0.420 e. The Morgan fingerprint density at radius 1 is 1.16 bits per heavy atom. The first kappa shape index (κ1) is 18.9. The highest BCUT2D eigenvalue weighted by molar-refractivity contribution is 6.00. The van der Waals surface area contributed by atoms with Gasteiger partial charge in [0.1, 0.15) is 11.9 Å². The number of hydrogen-bond acceptors (Lipinski definition) is 7. The molecule has 2 amide bonds. The van der Waals surface area contributed by atoms with Gasteiger partial charge in [-0.1, -0.05) is 23.4 Å². The molecule has 156 valence electrons. The molecule has 0 spiro atoms. The number of imide groups is 1. The van der Waals surface area contributed by atoms with Crippen LogP contribution in [0.4, 0.5) is 4.39 Å². The maximum atomic E-state index is 13.9. The van der Waals surface area contributed by atoms with E-state index in [0.29, 0.717) is 11.1 Å². The van der Waals surface area contributed by atoms with Gasteiger partial charge in [0.15, 0.2) is 5.58 Å². The van der Waals surface area contributed by atoms with Crippen molar-refractivity contribution in [1.82, 2.24) is 20.0 Å². The zero-order chi connectivity index (χ0) is 21.5. The van der Waals surface area contributed by atoms with E-state index in [-0.39, 0.29) is 42.4 Å². The fourth-order valence-electron chi connectivity index (χ4n) is 3.67. The molecular formula is C21H15FN4O5. The van der Waals surface area contributed by atoms with Gasteiger partial charge < -0.3 is 8.94 Å². The summed E-state index contributed by atoms with van der Waals surface area (Å²) < 4.78 is 25.7. The number of nitrogens with one attached hydrogen (secondary N) is 1. The third-order valence-electron chi connectivity index (χ3n) is 5.14. The van der Waals surface area contributed by atoms with Crippen molar-refractivity contribution in [2.24, 2.45) is 0 Å². The van der Waals surface area contributed by atoms with Crippen molar-refractivity contribution >= 4 is 22.9 Å². The minimum absolute atomic E-state index is 0.135. The van der Waals surface area contributed by atoms with Gasteiger partial charge in [-0.15, -0.1) is 0 Å².